The van der Waals surface area contributed by atoms with E-state index in [9.17, 15) is 14.4 Å². The van der Waals surface area contributed by atoms with Crippen molar-refractivity contribution in [3.05, 3.63) is 0 Å². The number of alkyl carbamates (subject to hydrolysis) is 1. The molecule has 2 N–H and O–H groups in total. The molecule has 1 heterocycles. The third kappa shape index (κ3) is 10.7. The van der Waals surface area contributed by atoms with Gasteiger partial charge in [-0.2, -0.15) is 0 Å². The average molecular weight is 418 g/mol. The summed E-state index contributed by atoms with van der Waals surface area (Å²) < 4.78 is 9.98. The summed E-state index contributed by atoms with van der Waals surface area (Å²) >= 11 is 0. The number of methoxy groups -OCH3 is 1. The molecule has 3 unspecified atom stereocenters. The molecule has 1 fully saturated rings. The Kier molecular flexibility index (Phi) is 11.9. The molecule has 0 aromatic carbocycles. The lowest BCUT2D eigenvalue weighted by atomic mass is 10.1. The first kappa shape index (κ1) is 26.6. The number of aldehydes is 1. The minimum Gasteiger partial charge on any atom is -0.483 e. The lowest BCUT2D eigenvalue weighted by molar-refractivity contribution is -0.122. The molecule has 1 rings (SSSR count). The lowest BCUT2D eigenvalue weighted by Gasteiger charge is -2.29. The van der Waals surface area contributed by atoms with Crippen LogP contribution in [0.5, 0.6) is 0 Å². The van der Waals surface area contributed by atoms with E-state index < -0.39 is 23.8 Å². The second kappa shape index (κ2) is 13.0. The van der Waals surface area contributed by atoms with E-state index in [4.69, 9.17) is 19.4 Å². The number of carbonyl (C=O) groups is 4. The van der Waals surface area contributed by atoms with Crippen LogP contribution in [0.25, 0.3) is 0 Å². The molecule has 29 heavy (non-hydrogen) atoms. The molecule has 0 aliphatic carbocycles. The Morgan fingerprint density at radius 3 is 2.31 bits per heavy atom. The van der Waals surface area contributed by atoms with Crippen LogP contribution in [0.4, 0.5) is 9.59 Å². The molecule has 1 aliphatic heterocycles. The number of ether oxygens (including phenoxy) is 2. The number of amides is 2. The van der Waals surface area contributed by atoms with Gasteiger partial charge in [-0.1, -0.05) is 0 Å². The first-order chi connectivity index (χ1) is 13.5. The van der Waals surface area contributed by atoms with Gasteiger partial charge in [0.2, 0.25) is 0 Å². The minimum atomic E-state index is -0.857. The Balaban J connectivity index is 0.00000245. The van der Waals surface area contributed by atoms with E-state index in [0.717, 1.165) is 19.3 Å². The van der Waals surface area contributed by atoms with Crippen LogP contribution < -0.4 is 5.32 Å². The SMILES string of the molecule is COC(=O)N(CCC1CCC(C)N1C)CC(C=O)NC(=O)OC(C)(C)C.O=CO. The molecule has 10 nitrogen and oxygen atoms in total. The summed E-state index contributed by atoms with van der Waals surface area (Å²) in [4.78, 5) is 47.4. The van der Waals surface area contributed by atoms with E-state index >= 15 is 0 Å². The van der Waals surface area contributed by atoms with Crippen LogP contribution in [0.15, 0.2) is 0 Å². The largest absolute Gasteiger partial charge is 0.483 e. The van der Waals surface area contributed by atoms with E-state index in [1.54, 1.807) is 20.8 Å². The number of nitrogens with zero attached hydrogens (tertiary/aromatic N) is 2. The predicted octanol–water partition coefficient (Wildman–Crippen LogP) is 1.72. The molecule has 1 aliphatic rings. The van der Waals surface area contributed by atoms with E-state index in [0.29, 0.717) is 24.9 Å². The van der Waals surface area contributed by atoms with Gasteiger partial charge in [-0.3, -0.25) is 4.79 Å². The summed E-state index contributed by atoms with van der Waals surface area (Å²) in [5.74, 6) is 0. The quantitative estimate of drug-likeness (QED) is 0.600. The maximum atomic E-state index is 12.1. The Morgan fingerprint density at radius 2 is 1.90 bits per heavy atom. The fourth-order valence-corrected chi connectivity index (χ4v) is 3.06. The number of rotatable bonds is 7. The van der Waals surface area contributed by atoms with Gasteiger partial charge in [-0.25, -0.2) is 9.59 Å². The first-order valence-corrected chi connectivity index (χ1v) is 9.56. The second-order valence-corrected chi connectivity index (χ2v) is 7.94. The summed E-state index contributed by atoms with van der Waals surface area (Å²) in [6.07, 6.45) is 2.40. The normalized spacial score (nSPS) is 19.9. The van der Waals surface area contributed by atoms with Crippen molar-refractivity contribution in [3.63, 3.8) is 0 Å². The molecule has 0 radical (unpaired) electrons. The van der Waals surface area contributed by atoms with E-state index in [1.807, 2.05) is 0 Å². The molecule has 0 aromatic rings. The Bertz CT molecular complexity index is 536. The van der Waals surface area contributed by atoms with Crippen LogP contribution in [0.1, 0.15) is 47.0 Å². The third-order valence-corrected chi connectivity index (χ3v) is 4.64. The van der Waals surface area contributed by atoms with Crippen LogP contribution in [-0.4, -0.2) is 90.8 Å². The summed E-state index contributed by atoms with van der Waals surface area (Å²) in [6.45, 7) is 7.65. The molecular formula is C19H35N3O7. The number of hydrogen-bond acceptors (Lipinski definition) is 7. The van der Waals surface area contributed by atoms with Gasteiger partial charge >= 0.3 is 12.2 Å². The maximum Gasteiger partial charge on any atom is 0.409 e. The van der Waals surface area contributed by atoms with Crippen LogP contribution in [0.2, 0.25) is 0 Å². The van der Waals surface area contributed by atoms with Crippen LogP contribution in [0.3, 0.4) is 0 Å². The maximum absolute atomic E-state index is 12.1. The van der Waals surface area contributed by atoms with Gasteiger partial charge in [0.1, 0.15) is 17.9 Å². The summed E-state index contributed by atoms with van der Waals surface area (Å²) in [5.41, 5.74) is -0.663. The zero-order valence-corrected chi connectivity index (χ0v) is 18.2. The molecule has 0 saturated carbocycles. The number of carbonyl (C=O) groups excluding carboxylic acids is 3. The molecule has 3 atom stereocenters. The van der Waals surface area contributed by atoms with E-state index in [1.165, 1.54) is 12.0 Å². The number of likely N-dealkylation sites (tertiary alicyclic amines) is 1. The Labute approximate surface area is 172 Å². The molecular weight excluding hydrogens is 382 g/mol. The fourth-order valence-electron chi connectivity index (χ4n) is 3.06. The van der Waals surface area contributed by atoms with Crippen molar-refractivity contribution in [1.29, 1.82) is 0 Å². The molecule has 168 valence electrons. The fraction of sp³-hybridized carbons (Fsp3) is 0.789. The van der Waals surface area contributed by atoms with Gasteiger partial charge in [-0.15, -0.1) is 0 Å². The lowest BCUT2D eigenvalue weighted by Crippen LogP contribution is -2.48. The van der Waals surface area contributed by atoms with E-state index in [-0.39, 0.29) is 13.0 Å². The molecule has 10 heteroatoms. The van der Waals surface area contributed by atoms with Gasteiger partial charge in [0.25, 0.3) is 6.47 Å². The zero-order valence-electron chi connectivity index (χ0n) is 18.2. The average Bonchev–Trinajstić information content (AvgIpc) is 2.94. The third-order valence-electron chi connectivity index (χ3n) is 4.64. The highest BCUT2D eigenvalue weighted by Gasteiger charge is 2.29. The van der Waals surface area contributed by atoms with Crippen molar-refractivity contribution in [2.75, 3.05) is 27.2 Å². The minimum absolute atomic E-state index is 0.0431. The van der Waals surface area contributed by atoms with Gasteiger partial charge in [0.05, 0.1) is 13.7 Å². The van der Waals surface area contributed by atoms with Crippen molar-refractivity contribution in [2.24, 2.45) is 0 Å². The van der Waals surface area contributed by atoms with Crippen LogP contribution >= 0.6 is 0 Å². The van der Waals surface area contributed by atoms with Gasteiger partial charge in [-0.05, 0) is 54.0 Å². The standard InChI is InChI=1S/C18H33N3O5.CH2O2/c1-13-7-8-15(20(13)5)9-10-21(17(24)25-6)11-14(12-22)19-16(23)26-18(2,3)4;2-1-3/h12-15H,7-11H2,1-6H3,(H,19,23);1H,(H,2,3). The van der Waals surface area contributed by atoms with Crippen LogP contribution in [0, 0.1) is 0 Å². The van der Waals surface area contributed by atoms with Crippen molar-refractivity contribution >= 4 is 24.9 Å². The Morgan fingerprint density at radius 1 is 1.31 bits per heavy atom. The van der Waals surface area contributed by atoms with Crippen molar-refractivity contribution in [3.8, 4) is 0 Å². The number of hydrogen-bond donors (Lipinski definition) is 2. The highest BCUT2D eigenvalue weighted by Crippen LogP contribution is 2.24. The topological polar surface area (TPSA) is 125 Å². The van der Waals surface area contributed by atoms with Gasteiger partial charge in [0.15, 0.2) is 0 Å². The Hall–Kier alpha value is -2.36. The zero-order chi connectivity index (χ0) is 22.6. The second-order valence-electron chi connectivity index (χ2n) is 7.94. The van der Waals surface area contributed by atoms with Crippen molar-refractivity contribution in [1.82, 2.24) is 15.1 Å². The molecule has 0 bridgehead atoms. The number of carboxylic acid groups (broad SMARTS) is 1. The molecule has 0 aromatic heterocycles. The molecule has 1 saturated heterocycles. The first-order valence-electron chi connectivity index (χ1n) is 9.56. The monoisotopic (exact) mass is 417 g/mol. The molecule has 2 amide bonds. The molecule has 0 spiro atoms. The van der Waals surface area contributed by atoms with Gasteiger partial charge < -0.3 is 34.5 Å². The van der Waals surface area contributed by atoms with Gasteiger partial charge in [0, 0.05) is 18.6 Å². The summed E-state index contributed by atoms with van der Waals surface area (Å²) in [7, 11) is 3.39. The van der Waals surface area contributed by atoms with Crippen molar-refractivity contribution < 1.29 is 33.8 Å². The van der Waals surface area contributed by atoms with E-state index in [2.05, 4.69) is 24.2 Å². The highest BCUT2D eigenvalue weighted by atomic mass is 16.6. The van der Waals surface area contributed by atoms with Crippen LogP contribution in [-0.2, 0) is 19.1 Å². The summed E-state index contributed by atoms with van der Waals surface area (Å²) in [6, 6.07) is 0.0676. The number of nitrogens with one attached hydrogen (secondary N) is 1. The highest BCUT2D eigenvalue weighted by molar-refractivity contribution is 5.74. The smallest absolute Gasteiger partial charge is 0.409 e. The summed E-state index contributed by atoms with van der Waals surface area (Å²) in [5, 5.41) is 9.38. The van der Waals surface area contributed by atoms with Crippen molar-refractivity contribution in [2.45, 2.75) is 70.7 Å². The predicted molar refractivity (Wildman–Crippen MR) is 107 cm³/mol.